The molecule has 0 aliphatic heterocycles. The van der Waals surface area contributed by atoms with Gasteiger partial charge in [0.25, 0.3) is 0 Å². The van der Waals surface area contributed by atoms with Crippen molar-refractivity contribution in [2.75, 3.05) is 11.9 Å². The molecule has 1 fully saturated rings. The predicted molar refractivity (Wildman–Crippen MR) is 102 cm³/mol. The summed E-state index contributed by atoms with van der Waals surface area (Å²) in [5, 5.41) is 7.25. The van der Waals surface area contributed by atoms with E-state index >= 15 is 0 Å². The third-order valence-electron chi connectivity index (χ3n) is 4.88. The number of thiocarbonyl (C=S) groups is 1. The Hall–Kier alpha value is -1.94. The molecule has 2 nitrogen and oxygen atoms in total. The Morgan fingerprint density at radius 1 is 1.12 bits per heavy atom. The van der Waals surface area contributed by atoms with E-state index < -0.39 is 0 Å². The van der Waals surface area contributed by atoms with Crippen LogP contribution in [0.25, 0.3) is 0 Å². The highest BCUT2D eigenvalue weighted by atomic mass is 32.1. The largest absolute Gasteiger partial charge is 0.362 e. The quantitative estimate of drug-likeness (QED) is 0.770. The Labute approximate surface area is 148 Å². The topological polar surface area (TPSA) is 24.1 Å². The average Bonchev–Trinajstić information content (AvgIpc) is 3.04. The first kappa shape index (κ1) is 16.9. The van der Waals surface area contributed by atoms with Crippen LogP contribution < -0.4 is 10.6 Å². The maximum absolute atomic E-state index is 13.2. The average molecular weight is 342 g/mol. The molecule has 0 bridgehead atoms. The van der Waals surface area contributed by atoms with E-state index in [4.69, 9.17) is 12.2 Å². The second-order valence-corrected chi connectivity index (χ2v) is 7.08. The molecule has 0 unspecified atom stereocenters. The van der Waals surface area contributed by atoms with Crippen LogP contribution in [0.1, 0.15) is 36.8 Å². The molecule has 4 heteroatoms. The number of aryl methyl sites for hydroxylation is 1. The minimum atomic E-state index is -0.184. The lowest BCUT2D eigenvalue weighted by Gasteiger charge is -2.30. The highest BCUT2D eigenvalue weighted by molar-refractivity contribution is 7.80. The van der Waals surface area contributed by atoms with E-state index in [-0.39, 0.29) is 11.2 Å². The molecule has 1 saturated carbocycles. The lowest BCUT2D eigenvalue weighted by atomic mass is 9.79. The summed E-state index contributed by atoms with van der Waals surface area (Å²) in [6, 6.07) is 15.1. The van der Waals surface area contributed by atoms with Crippen molar-refractivity contribution in [1.29, 1.82) is 0 Å². The van der Waals surface area contributed by atoms with E-state index in [0.29, 0.717) is 5.11 Å². The molecule has 0 amide bonds. The summed E-state index contributed by atoms with van der Waals surface area (Å²) in [6.45, 7) is 2.83. The van der Waals surface area contributed by atoms with Crippen LogP contribution in [-0.2, 0) is 5.41 Å². The molecular formula is C20H23FN2S. The zero-order valence-electron chi connectivity index (χ0n) is 13.9. The van der Waals surface area contributed by atoms with Gasteiger partial charge in [0.05, 0.1) is 0 Å². The lowest BCUT2D eigenvalue weighted by molar-refractivity contribution is 0.434. The number of hydrogen-bond donors (Lipinski definition) is 2. The van der Waals surface area contributed by atoms with Crippen LogP contribution in [0.2, 0.25) is 0 Å². The molecule has 0 aromatic heterocycles. The fourth-order valence-corrected chi connectivity index (χ4v) is 3.76. The zero-order valence-corrected chi connectivity index (χ0v) is 14.8. The van der Waals surface area contributed by atoms with Crippen LogP contribution in [0.15, 0.2) is 48.5 Å². The molecule has 0 atom stereocenters. The molecular weight excluding hydrogens is 319 g/mol. The molecule has 1 aliphatic rings. The van der Waals surface area contributed by atoms with Gasteiger partial charge in [-0.05, 0) is 67.4 Å². The van der Waals surface area contributed by atoms with Crippen molar-refractivity contribution in [1.82, 2.24) is 5.32 Å². The van der Waals surface area contributed by atoms with Crippen LogP contribution in [-0.4, -0.2) is 11.7 Å². The van der Waals surface area contributed by atoms with Crippen molar-refractivity contribution in [3.8, 4) is 0 Å². The van der Waals surface area contributed by atoms with Gasteiger partial charge < -0.3 is 10.6 Å². The number of benzene rings is 2. The van der Waals surface area contributed by atoms with E-state index in [2.05, 4.69) is 29.7 Å². The zero-order chi connectivity index (χ0) is 17.0. The highest BCUT2D eigenvalue weighted by Gasteiger charge is 2.35. The monoisotopic (exact) mass is 342 g/mol. The maximum Gasteiger partial charge on any atom is 0.170 e. The Balaban J connectivity index is 1.66. The first-order valence-electron chi connectivity index (χ1n) is 8.45. The normalized spacial score (nSPS) is 15.9. The van der Waals surface area contributed by atoms with Gasteiger partial charge in [-0.3, -0.25) is 0 Å². The molecule has 0 saturated heterocycles. The smallest absolute Gasteiger partial charge is 0.170 e. The van der Waals surface area contributed by atoms with Gasteiger partial charge in [-0.2, -0.15) is 0 Å². The summed E-state index contributed by atoms with van der Waals surface area (Å²) in [6.07, 6.45) is 4.63. The second-order valence-electron chi connectivity index (χ2n) is 6.67. The maximum atomic E-state index is 13.2. The summed E-state index contributed by atoms with van der Waals surface area (Å²) in [5.74, 6) is -0.184. The molecule has 24 heavy (non-hydrogen) atoms. The minimum Gasteiger partial charge on any atom is -0.362 e. The predicted octanol–water partition coefficient (Wildman–Crippen LogP) is 4.93. The standard InChI is InChI=1S/C20H23FN2S/c1-15-5-4-6-18(13-15)23-19(24)22-14-20(11-2-3-12-20)16-7-9-17(21)10-8-16/h4-10,13H,2-3,11-12,14H2,1H3,(H2,22,23,24). The van der Waals surface area contributed by atoms with E-state index in [0.717, 1.165) is 25.1 Å². The van der Waals surface area contributed by atoms with Gasteiger partial charge in [-0.25, -0.2) is 4.39 Å². The van der Waals surface area contributed by atoms with Crippen molar-refractivity contribution in [3.05, 3.63) is 65.5 Å². The first-order valence-corrected chi connectivity index (χ1v) is 8.86. The van der Waals surface area contributed by atoms with Gasteiger partial charge in [0.15, 0.2) is 5.11 Å². The number of hydrogen-bond acceptors (Lipinski definition) is 1. The van der Waals surface area contributed by atoms with Gasteiger partial charge in [0.2, 0.25) is 0 Å². The Morgan fingerprint density at radius 2 is 1.83 bits per heavy atom. The van der Waals surface area contributed by atoms with Gasteiger partial charge in [-0.15, -0.1) is 0 Å². The summed E-state index contributed by atoms with van der Waals surface area (Å²) >= 11 is 5.45. The van der Waals surface area contributed by atoms with Crippen molar-refractivity contribution in [2.45, 2.75) is 38.0 Å². The Kier molecular flexibility index (Phi) is 5.14. The summed E-state index contributed by atoms with van der Waals surface area (Å²) in [5.41, 5.74) is 3.44. The van der Waals surface area contributed by atoms with Crippen LogP contribution in [0.4, 0.5) is 10.1 Å². The minimum absolute atomic E-state index is 0.0477. The third kappa shape index (κ3) is 3.93. The molecule has 2 aromatic rings. The molecule has 0 heterocycles. The molecule has 0 spiro atoms. The fraction of sp³-hybridized carbons (Fsp3) is 0.350. The summed E-state index contributed by atoms with van der Waals surface area (Å²) in [4.78, 5) is 0. The van der Waals surface area contributed by atoms with Gasteiger partial charge in [0, 0.05) is 17.6 Å². The first-order chi connectivity index (χ1) is 11.6. The molecule has 126 valence electrons. The molecule has 3 rings (SSSR count). The van der Waals surface area contributed by atoms with Crippen LogP contribution in [0.5, 0.6) is 0 Å². The SMILES string of the molecule is Cc1cccc(NC(=S)NCC2(c3ccc(F)cc3)CCCC2)c1. The summed E-state index contributed by atoms with van der Waals surface area (Å²) < 4.78 is 13.2. The van der Waals surface area contributed by atoms with Crippen LogP contribution in [0.3, 0.4) is 0 Å². The van der Waals surface area contributed by atoms with Crippen molar-refractivity contribution in [2.24, 2.45) is 0 Å². The van der Waals surface area contributed by atoms with E-state index in [1.165, 1.54) is 24.0 Å². The van der Waals surface area contributed by atoms with E-state index in [9.17, 15) is 4.39 Å². The second kappa shape index (κ2) is 7.31. The van der Waals surface area contributed by atoms with Gasteiger partial charge in [0.1, 0.15) is 5.82 Å². The molecule has 2 N–H and O–H groups in total. The summed E-state index contributed by atoms with van der Waals surface area (Å²) in [7, 11) is 0. The Bertz CT molecular complexity index is 706. The van der Waals surface area contributed by atoms with Crippen LogP contribution >= 0.6 is 12.2 Å². The highest BCUT2D eigenvalue weighted by Crippen LogP contribution is 2.40. The fourth-order valence-electron chi connectivity index (χ4n) is 3.57. The molecule has 0 radical (unpaired) electrons. The van der Waals surface area contributed by atoms with Crippen molar-refractivity contribution in [3.63, 3.8) is 0 Å². The number of anilines is 1. The van der Waals surface area contributed by atoms with Crippen LogP contribution in [0, 0.1) is 12.7 Å². The van der Waals surface area contributed by atoms with Crippen molar-refractivity contribution < 1.29 is 4.39 Å². The number of nitrogens with one attached hydrogen (secondary N) is 2. The number of rotatable bonds is 4. The lowest BCUT2D eigenvalue weighted by Crippen LogP contribution is -2.40. The number of halogens is 1. The van der Waals surface area contributed by atoms with Crippen molar-refractivity contribution >= 4 is 23.0 Å². The Morgan fingerprint density at radius 3 is 2.50 bits per heavy atom. The third-order valence-corrected chi connectivity index (χ3v) is 5.13. The molecule has 2 aromatic carbocycles. The van der Waals surface area contributed by atoms with E-state index in [1.54, 1.807) is 12.1 Å². The molecule has 1 aliphatic carbocycles. The van der Waals surface area contributed by atoms with Gasteiger partial charge >= 0.3 is 0 Å². The van der Waals surface area contributed by atoms with E-state index in [1.807, 2.05) is 24.3 Å². The van der Waals surface area contributed by atoms with Gasteiger partial charge in [-0.1, -0.05) is 37.1 Å².